The molecule has 1 atom stereocenters. The fourth-order valence-corrected chi connectivity index (χ4v) is 2.05. The molecule has 1 rings (SSSR count). The van der Waals surface area contributed by atoms with Crippen LogP contribution in [-0.4, -0.2) is 29.4 Å². The predicted octanol–water partition coefficient (Wildman–Crippen LogP) is 0.743. The zero-order valence-corrected chi connectivity index (χ0v) is 12.2. The molecule has 0 aliphatic heterocycles. The van der Waals surface area contributed by atoms with Gasteiger partial charge in [0.25, 0.3) is 0 Å². The molecule has 0 saturated carbocycles. The number of hydrogen-bond acceptors (Lipinski definition) is 5. The van der Waals surface area contributed by atoms with Gasteiger partial charge in [-0.05, 0) is 12.3 Å². The minimum Gasteiger partial charge on any atom is -0.346 e. The number of carbonyl (C=O) groups excluding carboxylic acids is 2. The lowest BCUT2D eigenvalue weighted by molar-refractivity contribution is -0.125. The molecule has 0 radical (unpaired) electrons. The molecule has 0 aliphatic carbocycles. The number of rotatable bonds is 6. The number of nitrogens with zero attached hydrogens (tertiary/aromatic N) is 1. The van der Waals surface area contributed by atoms with Crippen molar-refractivity contribution < 1.29 is 9.59 Å². The second-order valence-corrected chi connectivity index (χ2v) is 5.64. The van der Waals surface area contributed by atoms with E-state index in [2.05, 4.69) is 15.6 Å². The van der Waals surface area contributed by atoms with Gasteiger partial charge in [0.2, 0.25) is 11.8 Å². The van der Waals surface area contributed by atoms with Gasteiger partial charge in [-0.3, -0.25) is 9.59 Å². The van der Waals surface area contributed by atoms with Gasteiger partial charge in [0.05, 0.1) is 12.6 Å². The molecule has 4 N–H and O–H groups in total. The number of aromatic nitrogens is 1. The number of nitrogens with two attached hydrogens (primary N) is 1. The van der Waals surface area contributed by atoms with Gasteiger partial charge in [-0.15, -0.1) is 11.3 Å². The van der Waals surface area contributed by atoms with Gasteiger partial charge in [-0.2, -0.15) is 0 Å². The normalized spacial score (nSPS) is 12.3. The summed E-state index contributed by atoms with van der Waals surface area (Å²) in [5.41, 5.74) is 5.67. The lowest BCUT2D eigenvalue weighted by atomic mass is 10.1. The average Bonchev–Trinajstić information content (AvgIpc) is 2.82. The minimum atomic E-state index is -0.598. The van der Waals surface area contributed by atoms with E-state index in [1.165, 1.54) is 11.3 Å². The molecule has 7 heteroatoms. The number of hydrogen-bond donors (Lipinski definition) is 3. The highest BCUT2D eigenvalue weighted by Gasteiger charge is 2.17. The highest BCUT2D eigenvalue weighted by molar-refractivity contribution is 7.15. The van der Waals surface area contributed by atoms with E-state index in [0.717, 1.165) is 11.3 Å². The Hall–Kier alpha value is -1.47. The Labute approximate surface area is 116 Å². The van der Waals surface area contributed by atoms with E-state index in [9.17, 15) is 9.59 Å². The van der Waals surface area contributed by atoms with Gasteiger partial charge < -0.3 is 16.4 Å². The number of carbonyl (C=O) groups is 2. The van der Waals surface area contributed by atoms with E-state index in [1.807, 2.05) is 20.8 Å². The molecule has 19 heavy (non-hydrogen) atoms. The molecule has 1 aromatic rings. The summed E-state index contributed by atoms with van der Waals surface area (Å²) in [6.45, 7) is 5.63. The topological polar surface area (TPSA) is 97.1 Å². The fourth-order valence-electron chi connectivity index (χ4n) is 1.28. The number of aryl methyl sites for hydroxylation is 1. The molecule has 1 heterocycles. The second kappa shape index (κ2) is 7.20. The van der Waals surface area contributed by atoms with Gasteiger partial charge in [-0.25, -0.2) is 4.98 Å². The van der Waals surface area contributed by atoms with E-state index in [-0.39, 0.29) is 24.3 Å². The van der Waals surface area contributed by atoms with Crippen LogP contribution in [0.15, 0.2) is 6.20 Å². The Morgan fingerprint density at radius 2 is 2.16 bits per heavy atom. The first kappa shape index (κ1) is 15.6. The summed E-state index contributed by atoms with van der Waals surface area (Å²) < 4.78 is 0. The number of anilines is 1. The molecular formula is C12H20N4O2S. The maximum atomic E-state index is 11.6. The molecule has 1 aromatic heterocycles. The summed E-state index contributed by atoms with van der Waals surface area (Å²) in [5, 5.41) is 5.68. The average molecular weight is 284 g/mol. The predicted molar refractivity (Wildman–Crippen MR) is 75.9 cm³/mol. The van der Waals surface area contributed by atoms with Crippen molar-refractivity contribution in [3.63, 3.8) is 0 Å². The van der Waals surface area contributed by atoms with Crippen molar-refractivity contribution in [3.05, 3.63) is 11.1 Å². The molecule has 106 valence electrons. The van der Waals surface area contributed by atoms with Crippen LogP contribution < -0.4 is 16.4 Å². The molecule has 0 unspecified atom stereocenters. The second-order valence-electron chi connectivity index (χ2n) is 4.52. The highest BCUT2D eigenvalue weighted by Crippen LogP contribution is 2.17. The monoisotopic (exact) mass is 284 g/mol. The Bertz CT molecular complexity index is 445. The van der Waals surface area contributed by atoms with E-state index in [4.69, 9.17) is 5.73 Å². The summed E-state index contributed by atoms with van der Waals surface area (Å²) >= 11 is 1.43. The largest absolute Gasteiger partial charge is 0.346 e. The summed E-state index contributed by atoms with van der Waals surface area (Å²) in [6.07, 6.45) is 2.61. The van der Waals surface area contributed by atoms with Crippen LogP contribution in [0.2, 0.25) is 0 Å². The molecule has 0 bridgehead atoms. The maximum Gasteiger partial charge on any atom is 0.245 e. The van der Waals surface area contributed by atoms with Crippen molar-refractivity contribution in [3.8, 4) is 0 Å². The number of amides is 2. The summed E-state index contributed by atoms with van der Waals surface area (Å²) in [7, 11) is 0. The van der Waals surface area contributed by atoms with E-state index < -0.39 is 6.04 Å². The van der Waals surface area contributed by atoms with Crippen LogP contribution in [0.1, 0.15) is 25.6 Å². The van der Waals surface area contributed by atoms with Crippen molar-refractivity contribution in [2.75, 3.05) is 11.9 Å². The molecule has 0 aromatic carbocycles. The smallest absolute Gasteiger partial charge is 0.245 e. The number of thiazole rings is 1. The van der Waals surface area contributed by atoms with Crippen LogP contribution in [0.4, 0.5) is 5.13 Å². The van der Waals surface area contributed by atoms with Crippen molar-refractivity contribution in [2.24, 2.45) is 11.7 Å². The number of nitrogens with one attached hydrogen (secondary N) is 2. The fraction of sp³-hybridized carbons (Fsp3) is 0.583. The summed E-state index contributed by atoms with van der Waals surface area (Å²) in [6, 6.07) is -0.598. The van der Waals surface area contributed by atoms with Crippen LogP contribution in [0, 0.1) is 5.92 Å². The molecule has 6 nitrogen and oxygen atoms in total. The Balaban J connectivity index is 2.37. The first-order valence-corrected chi connectivity index (χ1v) is 7.03. The SMILES string of the molecule is CCc1cnc(NC(=O)CNC(=O)[C@@H](N)C(C)C)s1. The van der Waals surface area contributed by atoms with Crippen LogP contribution in [0.5, 0.6) is 0 Å². The minimum absolute atomic E-state index is 0.0362. The van der Waals surface area contributed by atoms with Crippen molar-refractivity contribution in [2.45, 2.75) is 33.2 Å². The first-order valence-electron chi connectivity index (χ1n) is 6.21. The molecule has 0 fully saturated rings. The molecule has 2 amide bonds. The zero-order chi connectivity index (χ0) is 14.4. The lowest BCUT2D eigenvalue weighted by Gasteiger charge is -2.14. The van der Waals surface area contributed by atoms with E-state index in [1.54, 1.807) is 6.20 Å². The molecule has 0 aliphatic rings. The molecule has 0 saturated heterocycles. The van der Waals surface area contributed by atoms with Gasteiger partial charge in [0.1, 0.15) is 0 Å². The van der Waals surface area contributed by atoms with Gasteiger partial charge >= 0.3 is 0 Å². The van der Waals surface area contributed by atoms with Crippen molar-refractivity contribution >= 4 is 28.3 Å². The van der Waals surface area contributed by atoms with Crippen LogP contribution in [0.25, 0.3) is 0 Å². The molecular weight excluding hydrogens is 264 g/mol. The van der Waals surface area contributed by atoms with Crippen LogP contribution >= 0.6 is 11.3 Å². The quantitative estimate of drug-likeness (QED) is 0.718. The van der Waals surface area contributed by atoms with E-state index in [0.29, 0.717) is 5.13 Å². The summed E-state index contributed by atoms with van der Waals surface area (Å²) in [4.78, 5) is 28.3. The Kier molecular flexibility index (Phi) is 5.91. The van der Waals surface area contributed by atoms with Gasteiger partial charge in [0, 0.05) is 11.1 Å². The highest BCUT2D eigenvalue weighted by atomic mass is 32.1. The standard InChI is InChI=1S/C12H20N4O2S/c1-4-8-5-15-12(19-8)16-9(17)6-14-11(18)10(13)7(2)3/h5,7,10H,4,6,13H2,1-3H3,(H,14,18)(H,15,16,17)/t10-/m0/s1. The first-order chi connectivity index (χ1) is 8.93. The Morgan fingerprint density at radius 1 is 1.47 bits per heavy atom. The van der Waals surface area contributed by atoms with Gasteiger partial charge in [0.15, 0.2) is 5.13 Å². The lowest BCUT2D eigenvalue weighted by Crippen LogP contribution is -2.46. The van der Waals surface area contributed by atoms with Crippen molar-refractivity contribution in [1.82, 2.24) is 10.3 Å². The third kappa shape index (κ3) is 4.96. The van der Waals surface area contributed by atoms with Crippen LogP contribution in [0.3, 0.4) is 0 Å². The summed E-state index contributed by atoms with van der Waals surface area (Å²) in [5.74, 6) is -0.589. The zero-order valence-electron chi connectivity index (χ0n) is 11.4. The third-order valence-electron chi connectivity index (χ3n) is 2.59. The van der Waals surface area contributed by atoms with Crippen LogP contribution in [-0.2, 0) is 16.0 Å². The van der Waals surface area contributed by atoms with Crippen molar-refractivity contribution in [1.29, 1.82) is 0 Å². The van der Waals surface area contributed by atoms with E-state index >= 15 is 0 Å². The molecule has 0 spiro atoms. The van der Waals surface area contributed by atoms with Gasteiger partial charge in [-0.1, -0.05) is 20.8 Å². The Morgan fingerprint density at radius 3 is 2.68 bits per heavy atom. The maximum absolute atomic E-state index is 11.6. The third-order valence-corrected chi connectivity index (χ3v) is 3.65.